The second kappa shape index (κ2) is 5.53. The number of benzene rings is 1. The number of hydrogen-bond acceptors (Lipinski definition) is 4. The van der Waals surface area contributed by atoms with Crippen LogP contribution in [0.25, 0.3) is 16.9 Å². The fourth-order valence-electron chi connectivity index (χ4n) is 2.11. The summed E-state index contributed by atoms with van der Waals surface area (Å²) in [6.07, 6.45) is -1.43. The summed E-state index contributed by atoms with van der Waals surface area (Å²) >= 11 is 0. The summed E-state index contributed by atoms with van der Waals surface area (Å²) in [6.45, 7) is 0. The summed E-state index contributed by atoms with van der Waals surface area (Å²) in [5, 5.41) is 16.7. The molecule has 0 aliphatic rings. The molecule has 3 aromatic rings. The summed E-state index contributed by atoms with van der Waals surface area (Å²) in [6, 6.07) is 9.88. The van der Waals surface area contributed by atoms with Crippen molar-refractivity contribution in [2.24, 2.45) is 0 Å². The van der Waals surface area contributed by atoms with Gasteiger partial charge in [-0.3, -0.25) is 4.98 Å². The molecule has 3 rings (SSSR count). The van der Waals surface area contributed by atoms with Gasteiger partial charge in [0, 0.05) is 18.0 Å². The molecule has 0 bridgehead atoms. The maximum atomic E-state index is 12.9. The van der Waals surface area contributed by atoms with E-state index in [1.807, 2.05) is 6.07 Å². The van der Waals surface area contributed by atoms with Crippen LogP contribution in [0.15, 0.2) is 48.8 Å². The van der Waals surface area contributed by atoms with Gasteiger partial charge in [-0.15, -0.1) is 5.10 Å². The molecule has 23 heavy (non-hydrogen) atoms. The Labute approximate surface area is 128 Å². The maximum Gasteiger partial charge on any atom is 0.416 e. The Morgan fingerprint density at radius 3 is 2.61 bits per heavy atom. The van der Waals surface area contributed by atoms with Gasteiger partial charge in [0.15, 0.2) is 5.69 Å². The summed E-state index contributed by atoms with van der Waals surface area (Å²) in [5.74, 6) is 0. The molecule has 1 aromatic carbocycles. The lowest BCUT2D eigenvalue weighted by molar-refractivity contribution is -0.137. The molecule has 0 spiro atoms. The molecule has 0 amide bonds. The molecule has 0 atom stereocenters. The zero-order valence-corrected chi connectivity index (χ0v) is 11.5. The lowest BCUT2D eigenvalue weighted by Crippen LogP contribution is -2.07. The number of halogens is 3. The van der Waals surface area contributed by atoms with Crippen molar-refractivity contribution < 1.29 is 13.2 Å². The number of pyridine rings is 1. The van der Waals surface area contributed by atoms with Crippen molar-refractivity contribution in [2.45, 2.75) is 6.18 Å². The first kappa shape index (κ1) is 14.7. The molecule has 0 saturated carbocycles. The van der Waals surface area contributed by atoms with Crippen LogP contribution in [-0.4, -0.2) is 20.0 Å². The molecule has 0 saturated heterocycles. The highest BCUT2D eigenvalue weighted by atomic mass is 19.4. The fraction of sp³-hybridized carbons (Fsp3) is 0.0667. The third-order valence-corrected chi connectivity index (χ3v) is 3.13. The van der Waals surface area contributed by atoms with Gasteiger partial charge in [-0.05, 0) is 30.3 Å². The Morgan fingerprint density at radius 1 is 1.13 bits per heavy atom. The average Bonchev–Trinajstić information content (AvgIpc) is 2.99. The Balaban J connectivity index is 2.19. The zero-order chi connectivity index (χ0) is 16.4. The van der Waals surface area contributed by atoms with Crippen LogP contribution in [0.5, 0.6) is 0 Å². The van der Waals surface area contributed by atoms with Gasteiger partial charge in [-0.2, -0.15) is 18.4 Å². The van der Waals surface area contributed by atoms with Crippen LogP contribution < -0.4 is 0 Å². The predicted octanol–water partition coefficient (Wildman–Crippen LogP) is 3.22. The normalized spacial score (nSPS) is 11.2. The van der Waals surface area contributed by atoms with Crippen LogP contribution in [0.1, 0.15) is 11.3 Å². The smallest absolute Gasteiger partial charge is 0.264 e. The van der Waals surface area contributed by atoms with E-state index in [2.05, 4.69) is 15.3 Å². The van der Waals surface area contributed by atoms with Crippen molar-refractivity contribution in [3.63, 3.8) is 0 Å². The third-order valence-electron chi connectivity index (χ3n) is 3.13. The zero-order valence-electron chi connectivity index (χ0n) is 11.5. The summed E-state index contributed by atoms with van der Waals surface area (Å²) in [7, 11) is 0. The first-order chi connectivity index (χ1) is 11.0. The lowest BCUT2D eigenvalue weighted by Gasteiger charge is -2.10. The van der Waals surface area contributed by atoms with E-state index in [0.29, 0.717) is 11.3 Å². The second-order valence-corrected chi connectivity index (χ2v) is 4.60. The predicted molar refractivity (Wildman–Crippen MR) is 74.3 cm³/mol. The van der Waals surface area contributed by atoms with Crippen LogP contribution in [0.4, 0.5) is 13.2 Å². The largest absolute Gasteiger partial charge is 0.416 e. The quantitative estimate of drug-likeness (QED) is 0.728. The lowest BCUT2D eigenvalue weighted by atomic mass is 10.1. The molecule has 2 heterocycles. The average molecular weight is 315 g/mol. The van der Waals surface area contributed by atoms with E-state index in [1.54, 1.807) is 18.3 Å². The van der Waals surface area contributed by atoms with E-state index in [1.165, 1.54) is 23.0 Å². The van der Waals surface area contributed by atoms with Gasteiger partial charge in [0.05, 0.1) is 11.3 Å². The van der Waals surface area contributed by atoms with E-state index < -0.39 is 11.7 Å². The van der Waals surface area contributed by atoms with Crippen LogP contribution in [0.3, 0.4) is 0 Å². The van der Waals surface area contributed by atoms with Crippen LogP contribution in [0, 0.1) is 11.3 Å². The van der Waals surface area contributed by atoms with E-state index in [9.17, 15) is 13.2 Å². The van der Waals surface area contributed by atoms with E-state index in [4.69, 9.17) is 5.26 Å². The van der Waals surface area contributed by atoms with Gasteiger partial charge in [0.1, 0.15) is 11.8 Å². The second-order valence-electron chi connectivity index (χ2n) is 4.60. The van der Waals surface area contributed by atoms with Crippen molar-refractivity contribution in [1.29, 1.82) is 5.26 Å². The Hall–Kier alpha value is -3.21. The SMILES string of the molecule is N#Cc1nnn(-c2cccc(C(F)(F)F)c2)c1-c1cccnc1. The molecular weight excluding hydrogens is 307 g/mol. The Bertz CT molecular complexity index is 878. The highest BCUT2D eigenvalue weighted by Gasteiger charge is 2.31. The first-order valence-electron chi connectivity index (χ1n) is 6.44. The molecular formula is C15H8F3N5. The number of alkyl halides is 3. The van der Waals surface area contributed by atoms with Crippen molar-refractivity contribution in [3.8, 4) is 23.0 Å². The van der Waals surface area contributed by atoms with E-state index >= 15 is 0 Å². The van der Waals surface area contributed by atoms with Crippen molar-refractivity contribution >= 4 is 0 Å². The minimum Gasteiger partial charge on any atom is -0.264 e. The van der Waals surface area contributed by atoms with Crippen LogP contribution in [-0.2, 0) is 6.18 Å². The van der Waals surface area contributed by atoms with Gasteiger partial charge in [0.2, 0.25) is 0 Å². The van der Waals surface area contributed by atoms with Crippen LogP contribution in [0.2, 0.25) is 0 Å². The number of aromatic nitrogens is 4. The maximum absolute atomic E-state index is 12.9. The minimum atomic E-state index is -4.47. The Morgan fingerprint density at radius 2 is 1.96 bits per heavy atom. The summed E-state index contributed by atoms with van der Waals surface area (Å²) < 4.78 is 39.8. The topological polar surface area (TPSA) is 67.4 Å². The summed E-state index contributed by atoms with van der Waals surface area (Å²) in [4.78, 5) is 3.95. The third kappa shape index (κ3) is 2.76. The van der Waals surface area contributed by atoms with Gasteiger partial charge in [0.25, 0.3) is 0 Å². The highest BCUT2D eigenvalue weighted by Crippen LogP contribution is 2.31. The monoisotopic (exact) mass is 315 g/mol. The van der Waals surface area contributed by atoms with Gasteiger partial charge >= 0.3 is 6.18 Å². The first-order valence-corrected chi connectivity index (χ1v) is 6.44. The number of nitriles is 1. The number of rotatable bonds is 2. The molecule has 0 aliphatic heterocycles. The summed E-state index contributed by atoms with van der Waals surface area (Å²) in [5.41, 5.74) is 0.190. The fourth-order valence-corrected chi connectivity index (χ4v) is 2.11. The van der Waals surface area contributed by atoms with Gasteiger partial charge in [-0.25, -0.2) is 4.68 Å². The molecule has 0 N–H and O–H groups in total. The molecule has 0 aliphatic carbocycles. The van der Waals surface area contributed by atoms with Crippen molar-refractivity contribution in [3.05, 3.63) is 60.0 Å². The molecule has 0 fully saturated rings. The van der Waals surface area contributed by atoms with Crippen molar-refractivity contribution in [1.82, 2.24) is 20.0 Å². The van der Waals surface area contributed by atoms with Crippen LogP contribution >= 0.6 is 0 Å². The molecule has 8 heteroatoms. The molecule has 2 aromatic heterocycles. The molecule has 114 valence electrons. The standard InChI is InChI=1S/C15H8F3N5/c16-15(17,18)11-4-1-5-12(7-11)23-14(13(8-19)21-22-23)10-3-2-6-20-9-10/h1-7,9H. The Kier molecular flexibility index (Phi) is 3.54. The highest BCUT2D eigenvalue weighted by molar-refractivity contribution is 5.66. The molecule has 5 nitrogen and oxygen atoms in total. The van der Waals surface area contributed by atoms with Gasteiger partial charge in [-0.1, -0.05) is 11.3 Å². The van der Waals surface area contributed by atoms with E-state index in [-0.39, 0.29) is 11.4 Å². The van der Waals surface area contributed by atoms with Gasteiger partial charge < -0.3 is 0 Å². The number of nitrogens with zero attached hydrogens (tertiary/aromatic N) is 5. The van der Waals surface area contributed by atoms with E-state index in [0.717, 1.165) is 12.1 Å². The number of hydrogen-bond donors (Lipinski definition) is 0. The minimum absolute atomic E-state index is 0.00964. The molecule has 0 radical (unpaired) electrons. The van der Waals surface area contributed by atoms with Crippen molar-refractivity contribution in [2.75, 3.05) is 0 Å². The molecule has 0 unspecified atom stereocenters.